The molecule has 0 aromatic carbocycles. The van der Waals surface area contributed by atoms with Crippen LogP contribution in [0.1, 0.15) is 16.8 Å². The van der Waals surface area contributed by atoms with E-state index in [9.17, 15) is 9.59 Å². The van der Waals surface area contributed by atoms with Crippen LogP contribution in [0.4, 0.5) is 0 Å². The SMILES string of the molecule is C#CCCNC(=O)c1cc(O)[nH]c(=O)c1. The van der Waals surface area contributed by atoms with Gasteiger partial charge < -0.3 is 10.4 Å². The molecule has 1 heterocycles. The van der Waals surface area contributed by atoms with E-state index in [0.29, 0.717) is 13.0 Å². The highest BCUT2D eigenvalue weighted by molar-refractivity contribution is 5.94. The summed E-state index contributed by atoms with van der Waals surface area (Å²) in [6, 6.07) is 2.28. The van der Waals surface area contributed by atoms with E-state index in [1.807, 2.05) is 0 Å². The maximum Gasteiger partial charge on any atom is 0.251 e. The van der Waals surface area contributed by atoms with Crippen LogP contribution in [-0.4, -0.2) is 22.5 Å². The second-order valence-corrected chi connectivity index (χ2v) is 2.83. The second-order valence-electron chi connectivity index (χ2n) is 2.83. The van der Waals surface area contributed by atoms with E-state index in [1.54, 1.807) is 0 Å². The lowest BCUT2D eigenvalue weighted by molar-refractivity contribution is 0.0954. The third-order valence-electron chi connectivity index (χ3n) is 1.65. The summed E-state index contributed by atoms with van der Waals surface area (Å²) in [6.45, 7) is 0.336. The molecule has 1 rings (SSSR count). The summed E-state index contributed by atoms with van der Waals surface area (Å²) in [5, 5.41) is 11.6. The number of hydrogen-bond donors (Lipinski definition) is 3. The zero-order valence-corrected chi connectivity index (χ0v) is 7.91. The monoisotopic (exact) mass is 206 g/mol. The van der Waals surface area contributed by atoms with Gasteiger partial charge in [-0.15, -0.1) is 12.3 Å². The highest BCUT2D eigenvalue weighted by atomic mass is 16.3. The largest absolute Gasteiger partial charge is 0.494 e. The fourth-order valence-corrected chi connectivity index (χ4v) is 1.01. The second kappa shape index (κ2) is 4.86. The van der Waals surface area contributed by atoms with Gasteiger partial charge in [-0.3, -0.25) is 14.6 Å². The molecular formula is C10H10N2O3. The van der Waals surface area contributed by atoms with Crippen molar-refractivity contribution < 1.29 is 9.90 Å². The van der Waals surface area contributed by atoms with Crippen LogP contribution in [-0.2, 0) is 0 Å². The lowest BCUT2D eigenvalue weighted by Gasteiger charge is -2.02. The van der Waals surface area contributed by atoms with Gasteiger partial charge >= 0.3 is 0 Å². The van der Waals surface area contributed by atoms with E-state index >= 15 is 0 Å². The standard InChI is InChI=1S/C10H10N2O3/c1-2-3-4-11-10(15)7-5-8(13)12-9(14)6-7/h1,5-6H,3-4H2,(H,11,15)(H2,12,13,14). The Morgan fingerprint density at radius 2 is 2.33 bits per heavy atom. The van der Waals surface area contributed by atoms with Gasteiger partial charge in [0.2, 0.25) is 0 Å². The highest BCUT2D eigenvalue weighted by Gasteiger charge is 2.06. The molecule has 0 fully saturated rings. The van der Waals surface area contributed by atoms with Crippen LogP contribution >= 0.6 is 0 Å². The van der Waals surface area contributed by atoms with Crippen molar-refractivity contribution in [2.75, 3.05) is 6.54 Å². The fraction of sp³-hybridized carbons (Fsp3) is 0.200. The topological polar surface area (TPSA) is 82.2 Å². The zero-order valence-electron chi connectivity index (χ0n) is 7.91. The van der Waals surface area contributed by atoms with E-state index in [1.165, 1.54) is 6.07 Å². The zero-order chi connectivity index (χ0) is 11.3. The molecule has 5 heteroatoms. The number of carbonyl (C=O) groups excluding carboxylic acids is 1. The van der Waals surface area contributed by atoms with E-state index in [2.05, 4.69) is 16.2 Å². The number of amides is 1. The van der Waals surface area contributed by atoms with Crippen molar-refractivity contribution in [2.24, 2.45) is 0 Å². The molecule has 0 bridgehead atoms. The Labute approximate surface area is 86.1 Å². The Hall–Kier alpha value is -2.22. The summed E-state index contributed by atoms with van der Waals surface area (Å²) in [5.74, 6) is 1.58. The molecule has 78 valence electrons. The van der Waals surface area contributed by atoms with Crippen LogP contribution in [0.3, 0.4) is 0 Å². The molecule has 5 nitrogen and oxygen atoms in total. The van der Waals surface area contributed by atoms with Gasteiger partial charge in [0.15, 0.2) is 5.88 Å². The molecule has 0 unspecified atom stereocenters. The Bertz CT molecular complexity index is 456. The molecule has 15 heavy (non-hydrogen) atoms. The number of H-pyrrole nitrogens is 1. The maximum atomic E-state index is 11.4. The highest BCUT2D eigenvalue weighted by Crippen LogP contribution is 2.03. The van der Waals surface area contributed by atoms with Crippen LogP contribution in [0.2, 0.25) is 0 Å². The predicted molar refractivity (Wildman–Crippen MR) is 54.5 cm³/mol. The Balaban J connectivity index is 2.74. The minimum atomic E-state index is -0.530. The number of aromatic amines is 1. The van der Waals surface area contributed by atoms with Crippen molar-refractivity contribution in [3.63, 3.8) is 0 Å². The Morgan fingerprint density at radius 1 is 1.60 bits per heavy atom. The van der Waals surface area contributed by atoms with E-state index < -0.39 is 11.5 Å². The van der Waals surface area contributed by atoms with Gasteiger partial charge in [-0.2, -0.15) is 0 Å². The molecule has 0 saturated carbocycles. The number of rotatable bonds is 3. The molecule has 3 N–H and O–H groups in total. The maximum absolute atomic E-state index is 11.4. The molecule has 0 aliphatic carbocycles. The predicted octanol–water partition coefficient (Wildman–Crippen LogP) is -0.166. The fourth-order valence-electron chi connectivity index (χ4n) is 1.01. The smallest absolute Gasteiger partial charge is 0.251 e. The number of hydrogen-bond acceptors (Lipinski definition) is 3. The molecule has 1 aromatic rings. The molecule has 0 spiro atoms. The molecule has 0 saturated heterocycles. The summed E-state index contributed by atoms with van der Waals surface area (Å²) < 4.78 is 0. The average molecular weight is 206 g/mol. The first-order chi connectivity index (χ1) is 7.13. The normalized spacial score (nSPS) is 9.27. The molecule has 0 aliphatic heterocycles. The van der Waals surface area contributed by atoms with Crippen molar-refractivity contribution in [3.8, 4) is 18.2 Å². The van der Waals surface area contributed by atoms with Gasteiger partial charge in [0.25, 0.3) is 11.5 Å². The molecule has 0 radical (unpaired) electrons. The van der Waals surface area contributed by atoms with E-state index in [4.69, 9.17) is 11.5 Å². The van der Waals surface area contributed by atoms with Crippen molar-refractivity contribution >= 4 is 5.91 Å². The van der Waals surface area contributed by atoms with Gasteiger partial charge in [0, 0.05) is 25.1 Å². The first-order valence-electron chi connectivity index (χ1n) is 4.28. The first kappa shape index (κ1) is 10.9. The van der Waals surface area contributed by atoms with Crippen molar-refractivity contribution in [1.82, 2.24) is 10.3 Å². The summed E-state index contributed by atoms with van der Waals surface area (Å²) in [6.07, 6.45) is 5.42. The summed E-state index contributed by atoms with van der Waals surface area (Å²) in [7, 11) is 0. The summed E-state index contributed by atoms with van der Waals surface area (Å²) in [4.78, 5) is 24.4. The minimum Gasteiger partial charge on any atom is -0.494 e. The van der Waals surface area contributed by atoms with Gasteiger partial charge in [-0.25, -0.2) is 0 Å². The van der Waals surface area contributed by atoms with Crippen molar-refractivity contribution in [1.29, 1.82) is 0 Å². The van der Waals surface area contributed by atoms with E-state index in [-0.39, 0.29) is 11.4 Å². The first-order valence-corrected chi connectivity index (χ1v) is 4.28. The van der Waals surface area contributed by atoms with Crippen molar-refractivity contribution in [2.45, 2.75) is 6.42 Å². The third kappa shape index (κ3) is 3.19. The van der Waals surface area contributed by atoms with Crippen LogP contribution in [0.15, 0.2) is 16.9 Å². The summed E-state index contributed by atoms with van der Waals surface area (Å²) in [5.41, 5.74) is -0.426. The number of aromatic hydroxyl groups is 1. The van der Waals surface area contributed by atoms with Crippen LogP contribution in [0, 0.1) is 12.3 Å². The number of pyridine rings is 1. The number of aromatic nitrogens is 1. The van der Waals surface area contributed by atoms with Gasteiger partial charge in [0.05, 0.1) is 5.56 Å². The molecule has 0 aliphatic rings. The lowest BCUT2D eigenvalue weighted by Crippen LogP contribution is -2.25. The van der Waals surface area contributed by atoms with Crippen LogP contribution in [0.5, 0.6) is 5.88 Å². The third-order valence-corrected chi connectivity index (χ3v) is 1.65. The van der Waals surface area contributed by atoms with Crippen molar-refractivity contribution in [3.05, 3.63) is 28.0 Å². The quantitative estimate of drug-likeness (QED) is 0.474. The minimum absolute atomic E-state index is 0.105. The number of nitrogens with one attached hydrogen (secondary N) is 2. The Kier molecular flexibility index (Phi) is 3.52. The molecule has 1 amide bonds. The van der Waals surface area contributed by atoms with Crippen LogP contribution in [0.25, 0.3) is 0 Å². The number of terminal acetylenes is 1. The molecule has 1 aromatic heterocycles. The lowest BCUT2D eigenvalue weighted by atomic mass is 10.2. The summed E-state index contributed by atoms with van der Waals surface area (Å²) >= 11 is 0. The molecular weight excluding hydrogens is 196 g/mol. The molecule has 0 atom stereocenters. The average Bonchev–Trinajstić information content (AvgIpc) is 2.16. The number of carbonyl (C=O) groups is 1. The van der Waals surface area contributed by atoms with E-state index in [0.717, 1.165) is 6.07 Å². The van der Waals surface area contributed by atoms with Gasteiger partial charge in [-0.1, -0.05) is 0 Å². The van der Waals surface area contributed by atoms with Crippen LogP contribution < -0.4 is 10.9 Å². The van der Waals surface area contributed by atoms with Gasteiger partial charge in [0.1, 0.15) is 0 Å². The van der Waals surface area contributed by atoms with Gasteiger partial charge in [-0.05, 0) is 0 Å². The Morgan fingerprint density at radius 3 is 2.93 bits per heavy atom.